The molecule has 2 atom stereocenters. The summed E-state index contributed by atoms with van der Waals surface area (Å²) in [5.41, 5.74) is 1.33. The molecule has 0 aromatic carbocycles. The maximum atomic E-state index is 12.2. The van der Waals surface area contributed by atoms with Crippen LogP contribution in [0.3, 0.4) is 0 Å². The Labute approximate surface area is 128 Å². The number of hydrogen-bond donors (Lipinski definition) is 0. The third kappa shape index (κ3) is 1.88. The highest BCUT2D eigenvalue weighted by atomic mass is 16.5. The number of aromatic nitrogens is 3. The summed E-state index contributed by atoms with van der Waals surface area (Å²) in [5, 5.41) is 4.91. The molecule has 0 aliphatic carbocycles. The van der Waals surface area contributed by atoms with Crippen molar-refractivity contribution in [2.45, 2.75) is 45.2 Å². The fourth-order valence-corrected chi connectivity index (χ4v) is 3.72. The third-order valence-corrected chi connectivity index (χ3v) is 4.78. The standard InChI is InChI=1S/C15H19N5O2/c1-8-13-14(16-9(2)17-15(13)22-18-8)20-10-4-5-11(20)7-19(3)12(21)6-10/h10-11H,4-7H2,1-3H3/t10-,11+/m1/s1. The third-order valence-electron chi connectivity index (χ3n) is 4.78. The van der Waals surface area contributed by atoms with Crippen molar-refractivity contribution in [3.05, 3.63) is 11.5 Å². The van der Waals surface area contributed by atoms with Crippen molar-refractivity contribution < 1.29 is 9.32 Å². The minimum Gasteiger partial charge on any atom is -0.348 e. The van der Waals surface area contributed by atoms with E-state index in [2.05, 4.69) is 20.0 Å². The second-order valence-corrected chi connectivity index (χ2v) is 6.31. The molecule has 22 heavy (non-hydrogen) atoms. The number of likely N-dealkylation sites (tertiary alicyclic amines) is 1. The highest BCUT2D eigenvalue weighted by Gasteiger charge is 2.41. The maximum Gasteiger partial charge on any atom is 0.263 e. The van der Waals surface area contributed by atoms with Gasteiger partial charge in [-0.2, -0.15) is 4.98 Å². The van der Waals surface area contributed by atoms with Crippen molar-refractivity contribution >= 4 is 22.8 Å². The normalized spacial score (nSPS) is 25.1. The first-order chi connectivity index (χ1) is 10.5. The van der Waals surface area contributed by atoms with E-state index in [4.69, 9.17) is 4.52 Å². The number of fused-ring (bicyclic) bond motifs is 3. The highest BCUT2D eigenvalue weighted by molar-refractivity contribution is 5.89. The molecule has 7 nitrogen and oxygen atoms in total. The fraction of sp³-hybridized carbons (Fsp3) is 0.600. The lowest BCUT2D eigenvalue weighted by Crippen LogP contribution is -2.39. The molecular weight excluding hydrogens is 282 g/mol. The second-order valence-electron chi connectivity index (χ2n) is 6.31. The lowest BCUT2D eigenvalue weighted by Gasteiger charge is -2.29. The van der Waals surface area contributed by atoms with Crippen molar-refractivity contribution in [1.29, 1.82) is 0 Å². The summed E-state index contributed by atoms with van der Waals surface area (Å²) in [6, 6.07) is 0.502. The quantitative estimate of drug-likeness (QED) is 0.793. The molecule has 0 spiro atoms. The van der Waals surface area contributed by atoms with Crippen LogP contribution in [0.25, 0.3) is 11.1 Å². The van der Waals surface area contributed by atoms with E-state index in [1.807, 2.05) is 25.8 Å². The van der Waals surface area contributed by atoms with Gasteiger partial charge in [-0.1, -0.05) is 5.16 Å². The molecule has 2 saturated heterocycles. The average Bonchev–Trinajstić information content (AvgIpc) is 2.99. The van der Waals surface area contributed by atoms with Crippen LogP contribution in [-0.2, 0) is 4.79 Å². The molecule has 2 aliphatic rings. The van der Waals surface area contributed by atoms with Gasteiger partial charge in [0.15, 0.2) is 0 Å². The molecule has 2 bridgehead atoms. The molecule has 4 rings (SSSR count). The van der Waals surface area contributed by atoms with E-state index in [1.165, 1.54) is 0 Å². The molecule has 2 aromatic heterocycles. The smallest absolute Gasteiger partial charge is 0.263 e. The van der Waals surface area contributed by atoms with Crippen LogP contribution < -0.4 is 4.90 Å². The van der Waals surface area contributed by atoms with Gasteiger partial charge in [-0.05, 0) is 26.7 Å². The zero-order valence-corrected chi connectivity index (χ0v) is 13.0. The fourth-order valence-electron chi connectivity index (χ4n) is 3.72. The van der Waals surface area contributed by atoms with E-state index in [-0.39, 0.29) is 11.9 Å². The molecule has 2 aromatic rings. The van der Waals surface area contributed by atoms with Crippen LogP contribution in [0.5, 0.6) is 0 Å². The molecule has 2 aliphatic heterocycles. The lowest BCUT2D eigenvalue weighted by atomic mass is 10.1. The minimum atomic E-state index is 0.203. The molecule has 0 radical (unpaired) electrons. The van der Waals surface area contributed by atoms with Crippen LogP contribution in [0.4, 0.5) is 5.82 Å². The van der Waals surface area contributed by atoms with E-state index in [0.717, 1.165) is 36.3 Å². The largest absolute Gasteiger partial charge is 0.348 e. The molecular formula is C15H19N5O2. The Hall–Kier alpha value is -2.18. The zero-order valence-electron chi connectivity index (χ0n) is 13.0. The summed E-state index contributed by atoms with van der Waals surface area (Å²) < 4.78 is 5.32. The van der Waals surface area contributed by atoms with E-state index < -0.39 is 0 Å². The average molecular weight is 301 g/mol. The van der Waals surface area contributed by atoms with Crippen LogP contribution in [0, 0.1) is 13.8 Å². The first-order valence-corrected chi connectivity index (χ1v) is 7.67. The number of anilines is 1. The topological polar surface area (TPSA) is 75.4 Å². The number of rotatable bonds is 1. The maximum absolute atomic E-state index is 12.2. The summed E-state index contributed by atoms with van der Waals surface area (Å²) >= 11 is 0. The molecule has 0 N–H and O–H groups in total. The van der Waals surface area contributed by atoms with Crippen LogP contribution in [-0.4, -0.2) is 51.6 Å². The predicted octanol–water partition coefficient (Wildman–Crippen LogP) is 1.43. The first-order valence-electron chi connectivity index (χ1n) is 7.67. The minimum absolute atomic E-state index is 0.203. The van der Waals surface area contributed by atoms with E-state index in [9.17, 15) is 4.79 Å². The van der Waals surface area contributed by atoms with Gasteiger partial charge in [0.05, 0.1) is 5.69 Å². The van der Waals surface area contributed by atoms with Gasteiger partial charge in [-0.25, -0.2) is 4.98 Å². The molecule has 0 unspecified atom stereocenters. The van der Waals surface area contributed by atoms with Crippen LogP contribution in [0.1, 0.15) is 30.8 Å². The Bertz CT molecular complexity index is 756. The molecule has 4 heterocycles. The molecule has 116 valence electrons. The summed E-state index contributed by atoms with van der Waals surface area (Å²) in [5.74, 6) is 1.75. The van der Waals surface area contributed by atoms with Crippen molar-refractivity contribution in [3.63, 3.8) is 0 Å². The van der Waals surface area contributed by atoms with Crippen LogP contribution in [0.2, 0.25) is 0 Å². The van der Waals surface area contributed by atoms with Crippen molar-refractivity contribution in [2.75, 3.05) is 18.5 Å². The number of aryl methyl sites for hydroxylation is 2. The van der Waals surface area contributed by atoms with Gasteiger partial charge in [0.2, 0.25) is 5.91 Å². The van der Waals surface area contributed by atoms with Crippen molar-refractivity contribution in [2.24, 2.45) is 0 Å². The van der Waals surface area contributed by atoms with Gasteiger partial charge in [-0.15, -0.1) is 0 Å². The summed E-state index contributed by atoms with van der Waals surface area (Å²) in [7, 11) is 1.88. The molecule has 1 amide bonds. The van der Waals surface area contributed by atoms with Crippen LogP contribution in [0.15, 0.2) is 4.52 Å². The number of carbonyl (C=O) groups is 1. The summed E-state index contributed by atoms with van der Waals surface area (Å²) in [6.07, 6.45) is 2.65. The van der Waals surface area contributed by atoms with Crippen molar-refractivity contribution in [3.8, 4) is 0 Å². The Morgan fingerprint density at radius 2 is 1.95 bits per heavy atom. The predicted molar refractivity (Wildman–Crippen MR) is 80.6 cm³/mol. The summed E-state index contributed by atoms with van der Waals surface area (Å²) in [6.45, 7) is 4.51. The zero-order chi connectivity index (χ0) is 15.4. The lowest BCUT2D eigenvalue weighted by molar-refractivity contribution is -0.129. The van der Waals surface area contributed by atoms with Gasteiger partial charge < -0.3 is 14.3 Å². The Balaban J connectivity index is 1.88. The molecule has 7 heteroatoms. The summed E-state index contributed by atoms with van der Waals surface area (Å²) in [4.78, 5) is 25.3. The van der Waals surface area contributed by atoms with E-state index in [1.54, 1.807) is 0 Å². The molecule has 0 saturated carbocycles. The second kappa shape index (κ2) is 4.66. The Morgan fingerprint density at radius 1 is 1.18 bits per heavy atom. The first kappa shape index (κ1) is 13.5. The Kier molecular flexibility index (Phi) is 2.85. The number of likely N-dealkylation sites (N-methyl/N-ethyl adjacent to an activating group) is 1. The Morgan fingerprint density at radius 3 is 2.77 bits per heavy atom. The monoisotopic (exact) mass is 301 g/mol. The SMILES string of the molecule is Cc1nc(N2[C@@H]3CC[C@H]2CN(C)C(=O)C3)c2c(C)noc2n1. The van der Waals surface area contributed by atoms with Gasteiger partial charge in [0, 0.05) is 32.1 Å². The number of hydrogen-bond acceptors (Lipinski definition) is 6. The highest BCUT2D eigenvalue weighted by Crippen LogP contribution is 2.38. The van der Waals surface area contributed by atoms with E-state index in [0.29, 0.717) is 24.0 Å². The van der Waals surface area contributed by atoms with Gasteiger partial charge in [0.25, 0.3) is 5.71 Å². The van der Waals surface area contributed by atoms with Gasteiger partial charge in [0.1, 0.15) is 17.0 Å². The van der Waals surface area contributed by atoms with Gasteiger partial charge >= 0.3 is 0 Å². The van der Waals surface area contributed by atoms with Crippen molar-refractivity contribution in [1.82, 2.24) is 20.0 Å². The molecule has 2 fully saturated rings. The van der Waals surface area contributed by atoms with Gasteiger partial charge in [-0.3, -0.25) is 4.79 Å². The van der Waals surface area contributed by atoms with E-state index >= 15 is 0 Å². The van der Waals surface area contributed by atoms with Crippen LogP contribution >= 0.6 is 0 Å². The number of carbonyl (C=O) groups excluding carboxylic acids is 1. The number of nitrogens with zero attached hydrogens (tertiary/aromatic N) is 5. The number of amides is 1.